The second-order valence-corrected chi connectivity index (χ2v) is 14.2. The van der Waals surface area contributed by atoms with Gasteiger partial charge in [-0.25, -0.2) is 0 Å². The summed E-state index contributed by atoms with van der Waals surface area (Å²) in [6, 6.07) is 0. The molecule has 0 atom stereocenters. The Hall–Kier alpha value is -0.470. The predicted molar refractivity (Wildman–Crippen MR) is 73.7 cm³/mol. The summed E-state index contributed by atoms with van der Waals surface area (Å²) in [5.74, 6) is -2.25. The Morgan fingerprint density at radius 2 is 1.68 bits per heavy atom. The van der Waals surface area contributed by atoms with Crippen LogP contribution < -0.4 is 24.5 Å². The molecular formula is C10H19INO8S2-. The zero-order chi connectivity index (χ0) is 17.2. The maximum absolute atomic E-state index is 11.6. The molecule has 0 fully saturated rings. The van der Waals surface area contributed by atoms with Crippen molar-refractivity contribution in [3.63, 3.8) is 0 Å². The van der Waals surface area contributed by atoms with Gasteiger partial charge in [-0.1, -0.05) is 0 Å². The number of hydrogen-bond donors (Lipinski definition) is 1. The van der Waals surface area contributed by atoms with E-state index >= 15 is 0 Å². The van der Waals surface area contributed by atoms with E-state index in [1.165, 1.54) is 0 Å². The fraction of sp³-hybridized carbons (Fsp3) is 0.800. The zero-order valence-corrected chi connectivity index (χ0v) is 16.0. The maximum atomic E-state index is 11.6. The molecule has 22 heavy (non-hydrogen) atoms. The van der Waals surface area contributed by atoms with Crippen LogP contribution in [0.1, 0.15) is 13.3 Å². The van der Waals surface area contributed by atoms with Crippen molar-refractivity contribution >= 4 is 29.0 Å². The van der Waals surface area contributed by atoms with E-state index in [1.807, 2.05) is 4.72 Å². The predicted octanol–water partition coefficient (Wildman–Crippen LogP) is -4.55. The zero-order valence-electron chi connectivity index (χ0n) is 12.2. The Balaban J connectivity index is 4.06. The molecule has 132 valence electrons. The molecule has 0 aliphatic carbocycles. The van der Waals surface area contributed by atoms with Gasteiger partial charge < -0.3 is 0 Å². The number of halogens is 1. The summed E-state index contributed by atoms with van der Waals surface area (Å²) in [5.41, 5.74) is 0. The van der Waals surface area contributed by atoms with E-state index in [9.17, 15) is 26.4 Å². The van der Waals surface area contributed by atoms with Crippen LogP contribution in [-0.4, -0.2) is 65.0 Å². The molecule has 0 aliphatic rings. The van der Waals surface area contributed by atoms with Crippen LogP contribution in [0.5, 0.6) is 0 Å². The molecule has 0 aromatic carbocycles. The number of alkyl halides is 1. The molecule has 0 saturated heterocycles. The van der Waals surface area contributed by atoms with Crippen LogP contribution in [0.3, 0.4) is 0 Å². The van der Waals surface area contributed by atoms with Crippen molar-refractivity contribution in [1.82, 2.24) is 4.72 Å². The van der Waals surface area contributed by atoms with Gasteiger partial charge >= 0.3 is 125 Å². The molecule has 1 N–H and O–H groups in total. The number of sulfonamides is 1. The topological polar surface area (TPSA) is 133 Å². The fourth-order valence-corrected chi connectivity index (χ4v) is 5.22. The van der Waals surface area contributed by atoms with Crippen LogP contribution in [0.4, 0.5) is 0 Å². The molecule has 0 radical (unpaired) electrons. The number of nitrogens with one attached hydrogen (secondary N) is 1. The van der Waals surface area contributed by atoms with E-state index in [4.69, 9.17) is 0 Å². The Morgan fingerprint density at radius 1 is 1.05 bits per heavy atom. The van der Waals surface area contributed by atoms with Crippen LogP contribution in [0, 0.1) is 0 Å². The van der Waals surface area contributed by atoms with Crippen molar-refractivity contribution < 1.29 is 55.7 Å². The van der Waals surface area contributed by atoms with Crippen LogP contribution in [0.25, 0.3) is 0 Å². The summed E-state index contributed by atoms with van der Waals surface area (Å²) >= 11 is -0.983. The molecular weight excluding hydrogens is 453 g/mol. The van der Waals surface area contributed by atoms with Gasteiger partial charge in [0.15, 0.2) is 0 Å². The van der Waals surface area contributed by atoms with Gasteiger partial charge in [0.1, 0.15) is 0 Å². The van der Waals surface area contributed by atoms with E-state index in [0.717, 1.165) is 0 Å². The third-order valence-electron chi connectivity index (χ3n) is 2.13. The van der Waals surface area contributed by atoms with Gasteiger partial charge in [0.25, 0.3) is 0 Å². The molecule has 9 nitrogen and oxygen atoms in total. The third kappa shape index (κ3) is 11.1. The second-order valence-electron chi connectivity index (χ2n) is 3.86. The Kier molecular flexibility index (Phi) is 10.1. The number of esters is 2. The van der Waals surface area contributed by atoms with Crippen LogP contribution in [0.15, 0.2) is 0 Å². The number of carbonyl (C=O) groups is 2. The van der Waals surface area contributed by atoms with Crippen LogP contribution in [0.2, 0.25) is 0 Å². The van der Waals surface area contributed by atoms with E-state index in [2.05, 4.69) is 9.47 Å². The third-order valence-corrected chi connectivity index (χ3v) is 10.1. The molecule has 0 spiro atoms. The first-order chi connectivity index (χ1) is 10.1. The molecule has 0 amide bonds. The Labute approximate surface area is 138 Å². The molecule has 0 rings (SSSR count). The minimum absolute atomic E-state index is 0.0386. The average molecular weight is 472 g/mol. The molecule has 0 aromatic heterocycles. The number of carbonyl (C=O) groups excluding carboxylic acids is 2. The fourth-order valence-electron chi connectivity index (χ4n) is 1.13. The SMILES string of the molecule is CCOC(=O)COC(=O)CNS(=O)(=O)CCCS(=O)(=O)[I-]C. The van der Waals surface area contributed by atoms with Gasteiger partial charge in [-0.3, -0.25) is 0 Å². The molecule has 0 heterocycles. The normalized spacial score (nSPS) is 12.1. The molecule has 0 aromatic rings. The van der Waals surface area contributed by atoms with E-state index < -0.39 is 67.7 Å². The van der Waals surface area contributed by atoms with Gasteiger partial charge in [-0.05, 0) is 6.92 Å². The number of rotatable bonds is 11. The molecule has 0 bridgehead atoms. The van der Waals surface area contributed by atoms with Crippen LogP contribution in [-0.2, 0) is 36.1 Å². The van der Waals surface area contributed by atoms with Crippen molar-refractivity contribution in [3.8, 4) is 0 Å². The summed E-state index contributed by atoms with van der Waals surface area (Å²) in [6.07, 6.45) is -0.0386. The number of hydrogen-bond acceptors (Lipinski definition) is 8. The van der Waals surface area contributed by atoms with E-state index in [1.54, 1.807) is 11.9 Å². The van der Waals surface area contributed by atoms with Crippen molar-refractivity contribution in [1.29, 1.82) is 0 Å². The molecule has 12 heteroatoms. The van der Waals surface area contributed by atoms with Crippen molar-refractivity contribution in [2.24, 2.45) is 0 Å². The van der Waals surface area contributed by atoms with E-state index in [0.29, 0.717) is 0 Å². The first-order valence-corrected chi connectivity index (χ1v) is 14.1. The van der Waals surface area contributed by atoms with Gasteiger partial charge in [0.05, 0.1) is 6.61 Å². The summed E-state index contributed by atoms with van der Waals surface area (Å²) in [6.45, 7) is 0.516. The molecule has 0 saturated carbocycles. The first-order valence-electron chi connectivity index (χ1n) is 6.14. The molecule has 0 unspecified atom stereocenters. The van der Waals surface area contributed by atoms with Gasteiger partial charge in [0.2, 0.25) is 0 Å². The quantitative estimate of drug-likeness (QED) is 0.138. The monoisotopic (exact) mass is 472 g/mol. The summed E-state index contributed by atoms with van der Waals surface area (Å²) in [4.78, 5) is 23.7. The Morgan fingerprint density at radius 3 is 2.23 bits per heavy atom. The Bertz CT molecular complexity index is 572. The van der Waals surface area contributed by atoms with Gasteiger partial charge in [-0.2, -0.15) is 0 Å². The van der Waals surface area contributed by atoms with Gasteiger partial charge in [-0.15, -0.1) is 0 Å². The van der Waals surface area contributed by atoms with Crippen LogP contribution >= 0.6 is 0 Å². The minimum atomic E-state index is -3.78. The standard InChI is InChI=1S/C10H19INO8S2/c1-3-19-10(14)8-20-9(13)7-12-22(17,18)6-4-5-21(15,16)11-2/h12H,3-8H2,1-2H3/q-1. The van der Waals surface area contributed by atoms with E-state index in [-0.39, 0.29) is 18.8 Å². The summed E-state index contributed by atoms with van der Waals surface area (Å²) in [5, 5.41) is 0. The van der Waals surface area contributed by atoms with Crippen molar-refractivity contribution in [3.05, 3.63) is 0 Å². The first kappa shape index (κ1) is 21.5. The van der Waals surface area contributed by atoms with Crippen molar-refractivity contribution in [2.45, 2.75) is 13.3 Å². The number of ether oxygens (including phenoxy) is 2. The second kappa shape index (κ2) is 10.3. The molecule has 0 aliphatic heterocycles. The summed E-state index contributed by atoms with van der Waals surface area (Å²) in [7, 11) is -6.90. The summed E-state index contributed by atoms with van der Waals surface area (Å²) < 4.78 is 56.6. The average Bonchev–Trinajstić information content (AvgIpc) is 2.43. The van der Waals surface area contributed by atoms with Crippen molar-refractivity contribution in [2.75, 3.05) is 36.2 Å². The van der Waals surface area contributed by atoms with Gasteiger partial charge in [0, 0.05) is 0 Å².